The Bertz CT molecular complexity index is 107. The highest BCUT2D eigenvalue weighted by Crippen LogP contribution is 1.80. The van der Waals surface area contributed by atoms with Gasteiger partial charge in [0.15, 0.2) is 0 Å². The van der Waals surface area contributed by atoms with Crippen LogP contribution < -0.4 is 11.3 Å². The molecule has 0 spiro atoms. The van der Waals surface area contributed by atoms with Crippen molar-refractivity contribution in [2.75, 3.05) is 20.3 Å². The molecule has 0 aliphatic rings. The van der Waals surface area contributed by atoms with E-state index in [4.69, 9.17) is 10.5 Å². The van der Waals surface area contributed by atoms with Gasteiger partial charge in [-0.05, 0) is 6.42 Å². The minimum atomic E-state index is -0.184. The van der Waals surface area contributed by atoms with Crippen molar-refractivity contribution >= 4 is 5.96 Å². The molecule has 10 heavy (non-hydrogen) atoms. The lowest BCUT2D eigenvalue weighted by atomic mass is 10.5. The monoisotopic (exact) mass is 149 g/mol. The lowest BCUT2D eigenvalue weighted by Gasteiger charge is -1.95. The Morgan fingerprint density at radius 2 is 2.50 bits per heavy atom. The molecule has 0 aliphatic heterocycles. The average molecular weight is 149 g/mol. The fraction of sp³-hybridized carbons (Fsp3) is 0.800. The maximum atomic E-state index is 11.4. The van der Waals surface area contributed by atoms with Crippen molar-refractivity contribution in [3.05, 3.63) is 0 Å². The number of nitrogens with two attached hydrogens (primary N) is 1. The summed E-state index contributed by atoms with van der Waals surface area (Å²) in [5.74, 6) is -0.184. The third-order valence-corrected chi connectivity index (χ3v) is 0.886. The molecule has 3 N–H and O–H groups in total. The van der Waals surface area contributed by atoms with Gasteiger partial charge in [0, 0.05) is 20.3 Å². The number of hydrogen-bond donors (Lipinski definition) is 2. The Kier molecular flexibility index (Phi) is 5.75. The van der Waals surface area contributed by atoms with E-state index >= 15 is 0 Å². The number of halogens is 1. The van der Waals surface area contributed by atoms with Crippen molar-refractivity contribution in [1.82, 2.24) is 5.54 Å². The average Bonchev–Trinajstić information content (AvgIpc) is 1.98. The lowest BCUT2D eigenvalue weighted by molar-refractivity contribution is 0.197. The smallest absolute Gasteiger partial charge is 0.217 e. The van der Waals surface area contributed by atoms with Gasteiger partial charge in [-0.2, -0.15) is 5.54 Å². The molecule has 0 aromatic heterocycles. The third kappa shape index (κ3) is 5.30. The summed E-state index contributed by atoms with van der Waals surface area (Å²) in [5, 5.41) is 0. The fourth-order valence-electron chi connectivity index (χ4n) is 0.438. The number of aliphatic imine (C=N–C) groups is 1. The normalized spacial score (nSPS) is 11.6. The summed E-state index contributed by atoms with van der Waals surface area (Å²) in [6.07, 6.45) is 0.749. The van der Waals surface area contributed by atoms with E-state index in [0.29, 0.717) is 13.2 Å². The maximum absolute atomic E-state index is 11.4. The summed E-state index contributed by atoms with van der Waals surface area (Å²) in [7, 11) is 1.60. The van der Waals surface area contributed by atoms with Gasteiger partial charge < -0.3 is 10.5 Å². The highest BCUT2D eigenvalue weighted by molar-refractivity contribution is 5.76. The minimum absolute atomic E-state index is 0.184. The predicted octanol–water partition coefficient (Wildman–Crippen LogP) is -0.188. The Morgan fingerprint density at radius 1 is 1.80 bits per heavy atom. The molecule has 0 amide bonds. The molecule has 0 rings (SSSR count). The molecule has 0 saturated carbocycles. The van der Waals surface area contributed by atoms with Crippen LogP contribution in [-0.2, 0) is 4.74 Å². The lowest BCUT2D eigenvalue weighted by Crippen LogP contribution is -2.24. The quantitative estimate of drug-likeness (QED) is 0.252. The van der Waals surface area contributed by atoms with Gasteiger partial charge in [0.05, 0.1) is 0 Å². The van der Waals surface area contributed by atoms with Crippen molar-refractivity contribution in [2.24, 2.45) is 10.7 Å². The first-order valence-corrected chi connectivity index (χ1v) is 2.96. The van der Waals surface area contributed by atoms with Crippen molar-refractivity contribution in [1.29, 1.82) is 0 Å². The summed E-state index contributed by atoms with van der Waals surface area (Å²) in [6, 6.07) is 0. The molecule has 0 heterocycles. The zero-order valence-corrected chi connectivity index (χ0v) is 5.93. The number of nitrogens with zero attached hydrogens (tertiary/aromatic N) is 1. The zero-order valence-electron chi connectivity index (χ0n) is 5.93. The van der Waals surface area contributed by atoms with Crippen LogP contribution >= 0.6 is 0 Å². The molecule has 60 valence electrons. The van der Waals surface area contributed by atoms with E-state index in [2.05, 4.69) is 4.99 Å². The van der Waals surface area contributed by atoms with Crippen LogP contribution in [0.15, 0.2) is 4.99 Å². The van der Waals surface area contributed by atoms with Crippen LogP contribution in [0, 0.1) is 0 Å². The van der Waals surface area contributed by atoms with E-state index < -0.39 is 0 Å². The highest BCUT2D eigenvalue weighted by atomic mass is 19.2. The van der Waals surface area contributed by atoms with Crippen LogP contribution in [0.4, 0.5) is 4.48 Å². The number of guanidine groups is 1. The van der Waals surface area contributed by atoms with Gasteiger partial charge in [0.1, 0.15) is 0 Å². The van der Waals surface area contributed by atoms with E-state index in [-0.39, 0.29) is 5.96 Å². The van der Waals surface area contributed by atoms with Crippen LogP contribution in [0.3, 0.4) is 0 Å². The molecule has 5 heteroatoms. The predicted molar refractivity (Wildman–Crippen MR) is 37.2 cm³/mol. The summed E-state index contributed by atoms with van der Waals surface area (Å²) in [5.41, 5.74) is 6.21. The maximum Gasteiger partial charge on any atom is 0.217 e. The van der Waals surface area contributed by atoms with E-state index in [0.717, 1.165) is 6.42 Å². The summed E-state index contributed by atoms with van der Waals surface area (Å²) in [4.78, 5) is 3.61. The van der Waals surface area contributed by atoms with Gasteiger partial charge in [-0.1, -0.05) is 0 Å². The van der Waals surface area contributed by atoms with Crippen LogP contribution in [0.2, 0.25) is 0 Å². The molecular weight excluding hydrogens is 137 g/mol. The van der Waals surface area contributed by atoms with Gasteiger partial charge in [-0.25, -0.2) is 0 Å². The first-order valence-electron chi connectivity index (χ1n) is 2.96. The summed E-state index contributed by atoms with van der Waals surface area (Å²) in [6.45, 7) is 1.10. The van der Waals surface area contributed by atoms with Crippen molar-refractivity contribution < 1.29 is 9.22 Å². The molecule has 0 aromatic rings. The number of methoxy groups -OCH3 is 1. The van der Waals surface area contributed by atoms with Gasteiger partial charge in [-0.15, -0.1) is 4.48 Å². The molecule has 0 bridgehead atoms. The van der Waals surface area contributed by atoms with Crippen LogP contribution in [0.5, 0.6) is 0 Å². The van der Waals surface area contributed by atoms with E-state index in [1.165, 1.54) is 5.54 Å². The molecule has 0 aromatic carbocycles. The molecule has 0 fully saturated rings. The first-order chi connectivity index (χ1) is 4.81. The number of hydrogen-bond acceptors (Lipinski definition) is 2. The van der Waals surface area contributed by atoms with Gasteiger partial charge in [0.25, 0.3) is 0 Å². The SMILES string of the molecule is COCCCN=C(N)NF. The van der Waals surface area contributed by atoms with Gasteiger partial charge in [0.2, 0.25) is 5.96 Å². The van der Waals surface area contributed by atoms with Crippen LogP contribution in [-0.4, -0.2) is 26.2 Å². The molecule has 0 radical (unpaired) electrons. The molecule has 0 unspecified atom stereocenters. The highest BCUT2D eigenvalue weighted by Gasteiger charge is 1.86. The fourth-order valence-corrected chi connectivity index (χ4v) is 0.438. The summed E-state index contributed by atoms with van der Waals surface area (Å²) < 4.78 is 16.1. The summed E-state index contributed by atoms with van der Waals surface area (Å²) >= 11 is 0. The van der Waals surface area contributed by atoms with E-state index in [9.17, 15) is 4.48 Å². The Morgan fingerprint density at radius 3 is 3.00 bits per heavy atom. The third-order valence-electron chi connectivity index (χ3n) is 0.886. The Labute approximate surface area is 59.2 Å². The van der Waals surface area contributed by atoms with Crippen LogP contribution in [0.1, 0.15) is 6.42 Å². The second-order valence-corrected chi connectivity index (χ2v) is 1.71. The van der Waals surface area contributed by atoms with Crippen molar-refractivity contribution in [3.63, 3.8) is 0 Å². The Balaban J connectivity index is 3.16. The van der Waals surface area contributed by atoms with E-state index in [1.54, 1.807) is 7.11 Å². The zero-order chi connectivity index (χ0) is 7.82. The number of nitrogens with one attached hydrogen (secondary N) is 1. The van der Waals surface area contributed by atoms with Gasteiger partial charge >= 0.3 is 0 Å². The Hall–Kier alpha value is -0.840. The van der Waals surface area contributed by atoms with Crippen molar-refractivity contribution in [2.45, 2.75) is 6.42 Å². The molecule has 0 atom stereocenters. The van der Waals surface area contributed by atoms with Crippen molar-refractivity contribution in [3.8, 4) is 0 Å². The minimum Gasteiger partial charge on any atom is -0.385 e. The van der Waals surface area contributed by atoms with Gasteiger partial charge in [-0.3, -0.25) is 4.99 Å². The molecular formula is C5H12FN3O. The second kappa shape index (κ2) is 6.28. The number of ether oxygens (including phenoxy) is 1. The topological polar surface area (TPSA) is 59.6 Å². The largest absolute Gasteiger partial charge is 0.385 e. The number of rotatable bonds is 4. The van der Waals surface area contributed by atoms with E-state index in [1.807, 2.05) is 0 Å². The first kappa shape index (κ1) is 9.16. The molecule has 4 nitrogen and oxygen atoms in total. The van der Waals surface area contributed by atoms with Crippen LogP contribution in [0.25, 0.3) is 0 Å². The molecule has 0 saturated heterocycles. The standard InChI is InChI=1S/C5H12FN3O/c1-10-4-2-3-8-5(7)9-6/h2-4H2,1H3,(H3,7,8,9). The second-order valence-electron chi connectivity index (χ2n) is 1.71. The molecule has 0 aliphatic carbocycles.